The summed E-state index contributed by atoms with van der Waals surface area (Å²) < 4.78 is 10.3. The molecule has 0 aromatic heterocycles. The molecule has 1 aromatic carbocycles. The Bertz CT molecular complexity index is 295. The third-order valence-corrected chi connectivity index (χ3v) is 2.11. The van der Waals surface area contributed by atoms with Crippen molar-refractivity contribution < 1.29 is 9.47 Å². The molecular formula is C9H9ClO2. The molecule has 1 aromatic rings. The molecule has 1 saturated heterocycles. The van der Waals surface area contributed by atoms with Gasteiger partial charge in [0.2, 0.25) is 0 Å². The van der Waals surface area contributed by atoms with Crippen LogP contribution in [0.3, 0.4) is 0 Å². The molecule has 2 nitrogen and oxygen atoms in total. The Morgan fingerprint density at radius 1 is 1.58 bits per heavy atom. The molecule has 0 spiro atoms. The van der Waals surface area contributed by atoms with E-state index < -0.39 is 0 Å². The van der Waals surface area contributed by atoms with Crippen LogP contribution in [0, 0.1) is 0 Å². The molecule has 1 fully saturated rings. The van der Waals surface area contributed by atoms with Gasteiger partial charge in [0, 0.05) is 10.6 Å². The molecule has 2 rings (SSSR count). The Hall–Kier alpha value is -0.730. The second kappa shape index (κ2) is 2.96. The van der Waals surface area contributed by atoms with E-state index >= 15 is 0 Å². The summed E-state index contributed by atoms with van der Waals surface area (Å²) in [4.78, 5) is 0. The second-order valence-corrected chi connectivity index (χ2v) is 3.14. The highest BCUT2D eigenvalue weighted by molar-refractivity contribution is 6.30. The number of hydrogen-bond donors (Lipinski definition) is 0. The minimum Gasteiger partial charge on any atom is -0.496 e. The number of rotatable bonds is 2. The predicted octanol–water partition coefficient (Wildman–Crippen LogP) is 2.42. The first-order chi connectivity index (χ1) is 5.81. The molecule has 1 atom stereocenters. The van der Waals surface area contributed by atoms with Gasteiger partial charge < -0.3 is 9.47 Å². The smallest absolute Gasteiger partial charge is 0.124 e. The molecule has 0 saturated carbocycles. The molecule has 64 valence electrons. The Kier molecular flexibility index (Phi) is 1.95. The van der Waals surface area contributed by atoms with Crippen LogP contribution in [-0.2, 0) is 4.74 Å². The van der Waals surface area contributed by atoms with Gasteiger partial charge in [-0.3, -0.25) is 0 Å². The highest BCUT2D eigenvalue weighted by atomic mass is 35.5. The van der Waals surface area contributed by atoms with E-state index in [0.29, 0.717) is 0 Å². The number of epoxide rings is 1. The first-order valence-corrected chi connectivity index (χ1v) is 4.14. The Balaban J connectivity index is 2.39. The van der Waals surface area contributed by atoms with Crippen LogP contribution in [0.2, 0.25) is 5.02 Å². The lowest BCUT2D eigenvalue weighted by Crippen LogP contribution is -1.89. The lowest BCUT2D eigenvalue weighted by molar-refractivity contribution is 0.383. The van der Waals surface area contributed by atoms with E-state index in [4.69, 9.17) is 21.1 Å². The lowest BCUT2D eigenvalue weighted by Gasteiger charge is -2.05. The van der Waals surface area contributed by atoms with Crippen molar-refractivity contribution in [3.8, 4) is 5.75 Å². The summed E-state index contributed by atoms with van der Waals surface area (Å²) in [6.07, 6.45) is 0.193. The van der Waals surface area contributed by atoms with E-state index in [1.54, 1.807) is 7.11 Å². The highest BCUT2D eigenvalue weighted by Crippen LogP contribution is 2.37. The largest absolute Gasteiger partial charge is 0.496 e. The minimum atomic E-state index is 0.193. The van der Waals surface area contributed by atoms with E-state index in [1.165, 1.54) is 0 Å². The van der Waals surface area contributed by atoms with Crippen molar-refractivity contribution in [1.82, 2.24) is 0 Å². The van der Waals surface area contributed by atoms with Crippen molar-refractivity contribution >= 4 is 11.6 Å². The summed E-state index contributed by atoms with van der Waals surface area (Å²) in [6, 6.07) is 5.56. The maximum atomic E-state index is 5.83. The molecule has 0 unspecified atom stereocenters. The molecule has 0 N–H and O–H groups in total. The average molecular weight is 185 g/mol. The van der Waals surface area contributed by atoms with Crippen LogP contribution in [0.25, 0.3) is 0 Å². The van der Waals surface area contributed by atoms with E-state index in [-0.39, 0.29) is 6.10 Å². The van der Waals surface area contributed by atoms with Crippen molar-refractivity contribution in [2.45, 2.75) is 6.10 Å². The number of benzene rings is 1. The van der Waals surface area contributed by atoms with Gasteiger partial charge in [0.25, 0.3) is 0 Å². The quantitative estimate of drug-likeness (QED) is 0.659. The molecule has 0 aliphatic carbocycles. The monoisotopic (exact) mass is 184 g/mol. The van der Waals surface area contributed by atoms with Gasteiger partial charge >= 0.3 is 0 Å². The van der Waals surface area contributed by atoms with Gasteiger partial charge in [-0.25, -0.2) is 0 Å². The van der Waals surface area contributed by atoms with Gasteiger partial charge in [-0.15, -0.1) is 0 Å². The molecule has 1 heterocycles. The van der Waals surface area contributed by atoms with E-state index in [1.807, 2.05) is 18.2 Å². The number of hydrogen-bond acceptors (Lipinski definition) is 2. The van der Waals surface area contributed by atoms with Crippen molar-refractivity contribution in [2.24, 2.45) is 0 Å². The maximum absolute atomic E-state index is 5.83. The van der Waals surface area contributed by atoms with Crippen LogP contribution in [0.15, 0.2) is 18.2 Å². The molecule has 12 heavy (non-hydrogen) atoms. The standard InChI is InChI=1S/C9H9ClO2/c1-11-8-3-2-6(10)4-7(8)9-5-12-9/h2-4,9H,5H2,1H3/t9-/m0/s1. The van der Waals surface area contributed by atoms with Crippen molar-refractivity contribution in [2.75, 3.05) is 13.7 Å². The molecule has 1 aliphatic heterocycles. The number of ether oxygens (including phenoxy) is 2. The zero-order chi connectivity index (χ0) is 8.55. The zero-order valence-corrected chi connectivity index (χ0v) is 7.47. The molecule has 0 bridgehead atoms. The van der Waals surface area contributed by atoms with Crippen LogP contribution in [0.5, 0.6) is 5.75 Å². The Labute approximate surface area is 76.1 Å². The second-order valence-electron chi connectivity index (χ2n) is 2.71. The maximum Gasteiger partial charge on any atom is 0.124 e. The fraction of sp³-hybridized carbons (Fsp3) is 0.333. The first-order valence-electron chi connectivity index (χ1n) is 3.76. The summed E-state index contributed by atoms with van der Waals surface area (Å²) >= 11 is 5.83. The van der Waals surface area contributed by atoms with Crippen LogP contribution in [0.4, 0.5) is 0 Å². The Morgan fingerprint density at radius 3 is 2.92 bits per heavy atom. The molecule has 0 amide bonds. The lowest BCUT2D eigenvalue weighted by atomic mass is 10.1. The zero-order valence-electron chi connectivity index (χ0n) is 6.71. The normalized spacial score (nSPS) is 20.7. The van der Waals surface area contributed by atoms with Crippen molar-refractivity contribution in [1.29, 1.82) is 0 Å². The molecular weight excluding hydrogens is 176 g/mol. The molecule has 3 heteroatoms. The van der Waals surface area contributed by atoms with Crippen molar-refractivity contribution in [3.63, 3.8) is 0 Å². The van der Waals surface area contributed by atoms with Gasteiger partial charge in [0.1, 0.15) is 11.9 Å². The summed E-state index contributed by atoms with van der Waals surface area (Å²) in [5, 5.41) is 0.723. The average Bonchev–Trinajstić information content (AvgIpc) is 2.87. The molecule has 0 radical (unpaired) electrons. The summed E-state index contributed by atoms with van der Waals surface area (Å²) in [7, 11) is 1.65. The first kappa shape index (κ1) is 7.90. The fourth-order valence-electron chi connectivity index (χ4n) is 1.18. The van der Waals surface area contributed by atoms with E-state index in [0.717, 1.165) is 22.9 Å². The topological polar surface area (TPSA) is 21.8 Å². The SMILES string of the molecule is COc1ccc(Cl)cc1[C@@H]1CO1. The van der Waals surface area contributed by atoms with Crippen LogP contribution < -0.4 is 4.74 Å². The number of halogens is 1. The summed E-state index contributed by atoms with van der Waals surface area (Å²) in [5.74, 6) is 0.849. The third kappa shape index (κ3) is 1.40. The highest BCUT2D eigenvalue weighted by Gasteiger charge is 2.28. The van der Waals surface area contributed by atoms with Gasteiger partial charge in [-0.1, -0.05) is 11.6 Å². The van der Waals surface area contributed by atoms with E-state index in [9.17, 15) is 0 Å². The van der Waals surface area contributed by atoms with Crippen LogP contribution in [0.1, 0.15) is 11.7 Å². The van der Waals surface area contributed by atoms with E-state index in [2.05, 4.69) is 0 Å². The van der Waals surface area contributed by atoms with Gasteiger partial charge in [0.15, 0.2) is 0 Å². The number of methoxy groups -OCH3 is 1. The van der Waals surface area contributed by atoms with Crippen LogP contribution in [-0.4, -0.2) is 13.7 Å². The van der Waals surface area contributed by atoms with Gasteiger partial charge in [-0.05, 0) is 18.2 Å². The van der Waals surface area contributed by atoms with Crippen molar-refractivity contribution in [3.05, 3.63) is 28.8 Å². The minimum absolute atomic E-state index is 0.193. The molecule has 1 aliphatic rings. The van der Waals surface area contributed by atoms with Gasteiger partial charge in [0.05, 0.1) is 13.7 Å². The van der Waals surface area contributed by atoms with Gasteiger partial charge in [-0.2, -0.15) is 0 Å². The summed E-state index contributed by atoms with van der Waals surface area (Å²) in [6.45, 7) is 0.775. The third-order valence-electron chi connectivity index (χ3n) is 1.87. The predicted molar refractivity (Wildman–Crippen MR) is 46.7 cm³/mol. The van der Waals surface area contributed by atoms with Crippen LogP contribution >= 0.6 is 11.6 Å². The fourth-order valence-corrected chi connectivity index (χ4v) is 1.37. The Morgan fingerprint density at radius 2 is 2.33 bits per heavy atom. The summed E-state index contributed by atoms with van der Waals surface area (Å²) in [5.41, 5.74) is 1.05.